The fourth-order valence-electron chi connectivity index (χ4n) is 5.52. The monoisotopic (exact) mass is 556 g/mol. The van der Waals surface area contributed by atoms with Crippen LogP contribution >= 0.6 is 11.8 Å². The molecule has 2 atom stereocenters. The van der Waals surface area contributed by atoms with E-state index >= 15 is 0 Å². The molecule has 2 fully saturated rings. The molecule has 0 saturated carbocycles. The van der Waals surface area contributed by atoms with E-state index in [0.29, 0.717) is 44.9 Å². The summed E-state index contributed by atoms with van der Waals surface area (Å²) in [4.78, 5) is 44.6. The van der Waals surface area contributed by atoms with E-state index in [1.807, 2.05) is 29.2 Å². The molecule has 7 nitrogen and oxygen atoms in total. The molecule has 0 radical (unpaired) electrons. The summed E-state index contributed by atoms with van der Waals surface area (Å²) in [6.45, 7) is 6.11. The molecule has 4 amide bonds. The quantitative estimate of drug-likeness (QED) is 0.497. The highest BCUT2D eigenvalue weighted by Gasteiger charge is 2.43. The van der Waals surface area contributed by atoms with E-state index in [4.69, 9.17) is 0 Å². The lowest BCUT2D eigenvalue weighted by atomic mass is 10.0. The van der Waals surface area contributed by atoms with E-state index in [2.05, 4.69) is 19.2 Å². The smallest absolute Gasteiger partial charge is 0.322 e. The Bertz CT molecular complexity index is 1250. The molecular formula is C29H34F2N4O3S. The minimum Gasteiger partial charge on any atom is -0.342 e. The van der Waals surface area contributed by atoms with Gasteiger partial charge in [-0.1, -0.05) is 38.1 Å². The second-order valence-electron chi connectivity index (χ2n) is 10.9. The Kier molecular flexibility index (Phi) is 8.11. The van der Waals surface area contributed by atoms with Crippen LogP contribution in [0.5, 0.6) is 0 Å². The van der Waals surface area contributed by atoms with E-state index in [0.717, 1.165) is 23.7 Å². The molecule has 3 aliphatic rings. The maximum Gasteiger partial charge on any atom is 0.322 e. The van der Waals surface area contributed by atoms with E-state index in [-0.39, 0.29) is 35.9 Å². The number of nitrogens with one attached hydrogen (secondary N) is 1. The van der Waals surface area contributed by atoms with Crippen molar-refractivity contribution < 1.29 is 23.2 Å². The Hall–Kier alpha value is -3.14. The second-order valence-corrected chi connectivity index (χ2v) is 12.2. The van der Waals surface area contributed by atoms with Crippen LogP contribution in [0.4, 0.5) is 19.3 Å². The number of urea groups is 1. The number of piperidine rings is 1. The van der Waals surface area contributed by atoms with Crippen LogP contribution in [0, 0.1) is 17.6 Å². The first-order chi connectivity index (χ1) is 18.7. The van der Waals surface area contributed by atoms with Crippen molar-refractivity contribution in [3.8, 4) is 0 Å². The van der Waals surface area contributed by atoms with Gasteiger partial charge in [0.2, 0.25) is 11.8 Å². The Labute approximate surface area is 231 Å². The minimum atomic E-state index is -0.687. The van der Waals surface area contributed by atoms with Crippen molar-refractivity contribution in [2.24, 2.45) is 5.92 Å². The Morgan fingerprint density at radius 2 is 1.85 bits per heavy atom. The lowest BCUT2D eigenvalue weighted by Gasteiger charge is -2.40. The third kappa shape index (κ3) is 5.90. The van der Waals surface area contributed by atoms with Crippen LogP contribution in [0.25, 0.3) is 0 Å². The lowest BCUT2D eigenvalue weighted by molar-refractivity contribution is -0.137. The number of carbonyl (C=O) groups excluding carboxylic acids is 3. The largest absolute Gasteiger partial charge is 0.342 e. The molecule has 2 aromatic carbocycles. The average Bonchev–Trinajstić information content (AvgIpc) is 3.21. The third-order valence-corrected chi connectivity index (χ3v) is 9.25. The van der Waals surface area contributed by atoms with E-state index in [1.54, 1.807) is 9.80 Å². The predicted octanol–water partition coefficient (Wildman–Crippen LogP) is 5.38. The summed E-state index contributed by atoms with van der Waals surface area (Å²) >= 11 is 1.27. The van der Waals surface area contributed by atoms with E-state index < -0.39 is 22.3 Å². The Balaban J connectivity index is 1.21. The number of hydrogen-bond donors (Lipinski definition) is 1. The van der Waals surface area contributed by atoms with Gasteiger partial charge in [0, 0.05) is 56.0 Å². The maximum atomic E-state index is 14.7. The summed E-state index contributed by atoms with van der Waals surface area (Å²) in [5.41, 5.74) is 2.17. The Morgan fingerprint density at radius 1 is 1.10 bits per heavy atom. The van der Waals surface area contributed by atoms with Crippen LogP contribution < -0.4 is 5.32 Å². The number of nitrogens with zero attached hydrogens (tertiary/aromatic N) is 3. The number of rotatable bonds is 7. The molecule has 2 saturated heterocycles. The van der Waals surface area contributed by atoms with Gasteiger partial charge in [-0.05, 0) is 42.9 Å². The van der Waals surface area contributed by atoms with Crippen LogP contribution in [0.2, 0.25) is 0 Å². The fraction of sp³-hybridized carbons (Fsp3) is 0.483. The number of benzene rings is 2. The number of para-hydroxylation sites is 1. The number of anilines is 1. The molecule has 39 heavy (non-hydrogen) atoms. The van der Waals surface area contributed by atoms with Crippen LogP contribution in [0.3, 0.4) is 0 Å². The SMILES string of the molecule is CC(C)CCN1C(=O)C(CC(=O)N2CCC(N3Cc4ccccc4NC3=O)CC2)SC1c1ccc(F)cc1F. The molecule has 2 aromatic rings. The number of likely N-dealkylation sites (tertiary alicyclic amines) is 1. The molecule has 208 valence electrons. The predicted molar refractivity (Wildman–Crippen MR) is 147 cm³/mol. The molecular weight excluding hydrogens is 522 g/mol. The van der Waals surface area contributed by atoms with Crippen molar-refractivity contribution in [2.75, 3.05) is 25.0 Å². The molecule has 3 aliphatic heterocycles. The molecule has 10 heteroatoms. The summed E-state index contributed by atoms with van der Waals surface area (Å²) in [7, 11) is 0. The van der Waals surface area contributed by atoms with Crippen molar-refractivity contribution in [3.63, 3.8) is 0 Å². The number of halogens is 2. The van der Waals surface area contributed by atoms with Gasteiger partial charge in [0.1, 0.15) is 17.0 Å². The van der Waals surface area contributed by atoms with Gasteiger partial charge in [-0.15, -0.1) is 11.8 Å². The molecule has 1 N–H and O–H groups in total. The van der Waals surface area contributed by atoms with Gasteiger partial charge in [-0.25, -0.2) is 13.6 Å². The van der Waals surface area contributed by atoms with Gasteiger partial charge in [0.05, 0.1) is 5.25 Å². The van der Waals surface area contributed by atoms with Crippen molar-refractivity contribution in [1.29, 1.82) is 0 Å². The highest BCUT2D eigenvalue weighted by molar-refractivity contribution is 8.01. The van der Waals surface area contributed by atoms with Crippen LogP contribution in [-0.2, 0) is 16.1 Å². The number of hydrogen-bond acceptors (Lipinski definition) is 4. The van der Waals surface area contributed by atoms with Crippen molar-refractivity contribution >= 4 is 35.3 Å². The first kappa shape index (κ1) is 27.4. The van der Waals surface area contributed by atoms with Gasteiger partial charge in [-0.2, -0.15) is 0 Å². The van der Waals surface area contributed by atoms with Gasteiger partial charge >= 0.3 is 6.03 Å². The topological polar surface area (TPSA) is 73.0 Å². The highest BCUT2D eigenvalue weighted by Crippen LogP contribution is 2.45. The van der Waals surface area contributed by atoms with Gasteiger partial charge in [-0.3, -0.25) is 9.59 Å². The third-order valence-electron chi connectivity index (χ3n) is 7.79. The minimum absolute atomic E-state index is 0.0299. The molecule has 3 heterocycles. The first-order valence-electron chi connectivity index (χ1n) is 13.6. The van der Waals surface area contributed by atoms with Crippen molar-refractivity contribution in [1.82, 2.24) is 14.7 Å². The Morgan fingerprint density at radius 3 is 2.56 bits per heavy atom. The van der Waals surface area contributed by atoms with Crippen LogP contribution in [0.15, 0.2) is 42.5 Å². The summed E-state index contributed by atoms with van der Waals surface area (Å²) in [6, 6.07) is 11.1. The molecule has 0 aliphatic carbocycles. The first-order valence-corrected chi connectivity index (χ1v) is 14.5. The molecule has 0 spiro atoms. The zero-order valence-corrected chi connectivity index (χ0v) is 23.1. The van der Waals surface area contributed by atoms with Crippen LogP contribution in [0.1, 0.15) is 56.0 Å². The van der Waals surface area contributed by atoms with E-state index in [9.17, 15) is 23.2 Å². The molecule has 5 rings (SSSR count). The molecule has 0 aromatic heterocycles. The number of carbonyl (C=O) groups is 3. The standard InChI is InChI=1S/C29H34F2N4O3S/c1-18(2)9-14-34-27(37)25(39-28(34)22-8-7-20(30)15-23(22)31)16-26(36)33-12-10-21(11-13-33)35-17-19-5-3-4-6-24(19)32-29(35)38/h3-8,15,18,21,25,28H,9-14,16-17H2,1-2H3,(H,32,38). The molecule has 2 unspecified atom stereocenters. The summed E-state index contributed by atoms with van der Waals surface area (Å²) in [5, 5.41) is 1.73. The van der Waals surface area contributed by atoms with Gasteiger partial charge in [0.15, 0.2) is 0 Å². The second kappa shape index (κ2) is 11.5. The fourth-order valence-corrected chi connectivity index (χ4v) is 7.02. The zero-order valence-electron chi connectivity index (χ0n) is 22.2. The average molecular weight is 557 g/mol. The van der Waals surface area contributed by atoms with Crippen molar-refractivity contribution in [2.45, 2.75) is 62.7 Å². The summed E-state index contributed by atoms with van der Waals surface area (Å²) < 4.78 is 28.2. The normalized spacial score (nSPS) is 21.9. The summed E-state index contributed by atoms with van der Waals surface area (Å²) in [5.74, 6) is -1.30. The number of amides is 4. The number of thioether (sulfide) groups is 1. The lowest BCUT2D eigenvalue weighted by Crippen LogP contribution is -2.51. The molecule has 0 bridgehead atoms. The van der Waals surface area contributed by atoms with Gasteiger partial charge < -0.3 is 20.0 Å². The van der Waals surface area contributed by atoms with E-state index in [1.165, 1.54) is 23.9 Å². The van der Waals surface area contributed by atoms with Crippen LogP contribution in [-0.4, -0.2) is 63.5 Å². The maximum absolute atomic E-state index is 14.7. The number of fused-ring (bicyclic) bond motifs is 1. The zero-order chi connectivity index (χ0) is 27.7. The van der Waals surface area contributed by atoms with Gasteiger partial charge in [0.25, 0.3) is 0 Å². The highest BCUT2D eigenvalue weighted by atomic mass is 32.2. The summed E-state index contributed by atoms with van der Waals surface area (Å²) in [6.07, 6.45) is 2.10. The van der Waals surface area contributed by atoms with Crippen molar-refractivity contribution in [3.05, 3.63) is 65.2 Å².